The Labute approximate surface area is 101 Å². The first kappa shape index (κ1) is 13.0. The second-order valence-electron chi connectivity index (χ2n) is 3.13. The number of carboxylic acid groups (broad SMARTS) is 1. The van der Waals surface area contributed by atoms with Crippen LogP contribution in [0.5, 0.6) is 0 Å². The van der Waals surface area contributed by atoms with Gasteiger partial charge in [0.25, 0.3) is 5.91 Å². The highest BCUT2D eigenvalue weighted by atomic mass is 35.5. The van der Waals surface area contributed by atoms with E-state index in [0.29, 0.717) is 9.21 Å². The minimum absolute atomic E-state index is 0.303. The van der Waals surface area contributed by atoms with Crippen LogP contribution in [-0.2, 0) is 4.79 Å². The highest BCUT2D eigenvalue weighted by molar-refractivity contribution is 7.18. The van der Waals surface area contributed by atoms with Gasteiger partial charge in [-0.15, -0.1) is 11.3 Å². The summed E-state index contributed by atoms with van der Waals surface area (Å²) in [6.07, 6.45) is -1.17. The van der Waals surface area contributed by atoms with Crippen LogP contribution in [0.25, 0.3) is 0 Å². The summed E-state index contributed by atoms with van der Waals surface area (Å²) in [6, 6.07) is 1.70. The van der Waals surface area contributed by atoms with Crippen LogP contribution in [0.15, 0.2) is 12.1 Å². The second-order valence-corrected chi connectivity index (χ2v) is 4.85. The lowest BCUT2D eigenvalue weighted by Crippen LogP contribution is -2.47. The van der Waals surface area contributed by atoms with Gasteiger partial charge >= 0.3 is 5.97 Å². The molecule has 2 atom stereocenters. The van der Waals surface area contributed by atoms with Crippen LogP contribution >= 0.6 is 22.9 Å². The van der Waals surface area contributed by atoms with Gasteiger partial charge < -0.3 is 15.5 Å². The van der Waals surface area contributed by atoms with E-state index in [2.05, 4.69) is 5.32 Å². The zero-order valence-electron chi connectivity index (χ0n) is 8.31. The fourth-order valence-electron chi connectivity index (χ4n) is 1.04. The monoisotopic (exact) mass is 263 g/mol. The number of thiophene rings is 1. The number of halogens is 1. The van der Waals surface area contributed by atoms with Gasteiger partial charge in [0.05, 0.1) is 15.3 Å². The zero-order chi connectivity index (χ0) is 12.3. The number of aliphatic carboxylic acids is 1. The normalized spacial score (nSPS) is 14.2. The standard InChI is InChI=1S/C9H10ClNO4S/c1-4(12)7(9(14)15)11-8(13)5-2-3-6(10)16-5/h2-4,7,12H,1H3,(H,11,13)(H,14,15). The van der Waals surface area contributed by atoms with Crippen molar-refractivity contribution in [1.29, 1.82) is 0 Å². The number of aliphatic hydroxyl groups is 1. The van der Waals surface area contributed by atoms with E-state index < -0.39 is 24.0 Å². The molecule has 7 heteroatoms. The maximum Gasteiger partial charge on any atom is 0.328 e. The topological polar surface area (TPSA) is 86.6 Å². The Hall–Kier alpha value is -1.11. The summed E-state index contributed by atoms with van der Waals surface area (Å²) in [5, 5.41) is 20.1. The molecule has 1 aromatic heterocycles. The maximum atomic E-state index is 11.5. The fraction of sp³-hybridized carbons (Fsp3) is 0.333. The molecule has 0 aliphatic rings. The molecule has 0 aromatic carbocycles. The molecule has 0 aliphatic heterocycles. The second kappa shape index (κ2) is 5.29. The Morgan fingerprint density at radius 3 is 2.50 bits per heavy atom. The van der Waals surface area contributed by atoms with Gasteiger partial charge in [0.2, 0.25) is 0 Å². The third-order valence-corrected chi connectivity index (χ3v) is 3.06. The summed E-state index contributed by atoms with van der Waals surface area (Å²) in [7, 11) is 0. The van der Waals surface area contributed by atoms with Crippen molar-refractivity contribution in [1.82, 2.24) is 5.32 Å². The molecule has 0 spiro atoms. The van der Waals surface area contributed by atoms with Crippen molar-refractivity contribution >= 4 is 34.8 Å². The quantitative estimate of drug-likeness (QED) is 0.755. The summed E-state index contributed by atoms with van der Waals surface area (Å²) >= 11 is 6.68. The summed E-state index contributed by atoms with van der Waals surface area (Å²) in [6.45, 7) is 1.29. The molecule has 88 valence electrons. The van der Waals surface area contributed by atoms with Crippen LogP contribution in [0.2, 0.25) is 4.34 Å². The van der Waals surface area contributed by atoms with Gasteiger partial charge in [-0.05, 0) is 19.1 Å². The molecule has 0 saturated carbocycles. The largest absolute Gasteiger partial charge is 0.480 e. The molecule has 0 aliphatic carbocycles. The minimum atomic E-state index is -1.33. The maximum absolute atomic E-state index is 11.5. The minimum Gasteiger partial charge on any atom is -0.480 e. The lowest BCUT2D eigenvalue weighted by Gasteiger charge is -2.16. The first-order valence-corrected chi connectivity index (χ1v) is 5.58. The van der Waals surface area contributed by atoms with E-state index >= 15 is 0 Å². The van der Waals surface area contributed by atoms with E-state index in [1.54, 1.807) is 6.07 Å². The lowest BCUT2D eigenvalue weighted by atomic mass is 10.2. The highest BCUT2D eigenvalue weighted by Crippen LogP contribution is 2.21. The van der Waals surface area contributed by atoms with E-state index in [-0.39, 0.29) is 0 Å². The molecule has 3 N–H and O–H groups in total. The smallest absolute Gasteiger partial charge is 0.328 e. The van der Waals surface area contributed by atoms with E-state index in [0.717, 1.165) is 11.3 Å². The Kier molecular flexibility index (Phi) is 4.28. The van der Waals surface area contributed by atoms with Crippen molar-refractivity contribution in [2.24, 2.45) is 0 Å². The SMILES string of the molecule is CC(O)C(NC(=O)c1ccc(Cl)s1)C(=O)O. The lowest BCUT2D eigenvalue weighted by molar-refractivity contribution is -0.141. The molecule has 5 nitrogen and oxygen atoms in total. The highest BCUT2D eigenvalue weighted by Gasteiger charge is 2.25. The zero-order valence-corrected chi connectivity index (χ0v) is 9.88. The number of amides is 1. The molecule has 2 unspecified atom stereocenters. The van der Waals surface area contributed by atoms with Crippen LogP contribution in [0.4, 0.5) is 0 Å². The number of rotatable bonds is 4. The van der Waals surface area contributed by atoms with Crippen LogP contribution < -0.4 is 5.32 Å². The Bertz CT molecular complexity index is 404. The summed E-state index contributed by atoms with van der Waals surface area (Å²) in [4.78, 5) is 22.6. The average molecular weight is 264 g/mol. The van der Waals surface area contributed by atoms with Crippen molar-refractivity contribution in [2.45, 2.75) is 19.1 Å². The van der Waals surface area contributed by atoms with Gasteiger partial charge in [0, 0.05) is 0 Å². The van der Waals surface area contributed by atoms with E-state index in [1.807, 2.05) is 0 Å². The first-order chi connectivity index (χ1) is 7.41. The molecule has 1 rings (SSSR count). The summed E-state index contributed by atoms with van der Waals surface area (Å²) in [5.41, 5.74) is 0. The molecule has 1 amide bonds. The molecule has 16 heavy (non-hydrogen) atoms. The predicted octanol–water partition coefficient (Wildman–Crippen LogP) is 0.965. The van der Waals surface area contributed by atoms with Gasteiger partial charge in [-0.3, -0.25) is 4.79 Å². The molecule has 0 radical (unpaired) electrons. The predicted molar refractivity (Wildman–Crippen MR) is 59.9 cm³/mol. The number of aliphatic hydroxyl groups excluding tert-OH is 1. The first-order valence-electron chi connectivity index (χ1n) is 4.39. The average Bonchev–Trinajstić information content (AvgIpc) is 2.59. The Morgan fingerprint density at radius 1 is 1.50 bits per heavy atom. The third kappa shape index (κ3) is 3.19. The molecular formula is C9H10ClNO4S. The molecular weight excluding hydrogens is 254 g/mol. The molecule has 0 saturated heterocycles. The van der Waals surface area contributed by atoms with Gasteiger partial charge in [0.1, 0.15) is 0 Å². The van der Waals surface area contributed by atoms with E-state index in [4.69, 9.17) is 21.8 Å². The molecule has 1 aromatic rings. The number of hydrogen-bond acceptors (Lipinski definition) is 4. The van der Waals surface area contributed by atoms with Crippen molar-refractivity contribution < 1.29 is 19.8 Å². The van der Waals surface area contributed by atoms with Crippen LogP contribution in [0.3, 0.4) is 0 Å². The van der Waals surface area contributed by atoms with Gasteiger partial charge in [-0.25, -0.2) is 4.79 Å². The van der Waals surface area contributed by atoms with E-state index in [1.165, 1.54) is 13.0 Å². The molecule has 0 bridgehead atoms. The number of carboxylic acids is 1. The van der Waals surface area contributed by atoms with Gasteiger partial charge in [-0.1, -0.05) is 11.6 Å². The van der Waals surface area contributed by atoms with Gasteiger partial charge in [-0.2, -0.15) is 0 Å². The molecule has 0 fully saturated rings. The van der Waals surface area contributed by atoms with E-state index in [9.17, 15) is 9.59 Å². The fourth-order valence-corrected chi connectivity index (χ4v) is 1.98. The van der Waals surface area contributed by atoms with Gasteiger partial charge in [0.15, 0.2) is 6.04 Å². The summed E-state index contributed by atoms with van der Waals surface area (Å²) in [5.74, 6) is -1.85. The summed E-state index contributed by atoms with van der Waals surface area (Å²) < 4.78 is 0.439. The van der Waals surface area contributed by atoms with Crippen molar-refractivity contribution in [3.05, 3.63) is 21.3 Å². The number of carbonyl (C=O) groups excluding carboxylic acids is 1. The van der Waals surface area contributed by atoms with Crippen molar-refractivity contribution in [2.75, 3.05) is 0 Å². The Balaban J connectivity index is 2.73. The number of carbonyl (C=O) groups is 2. The Morgan fingerprint density at radius 2 is 2.12 bits per heavy atom. The van der Waals surface area contributed by atoms with Crippen LogP contribution in [0.1, 0.15) is 16.6 Å². The third-order valence-electron chi connectivity index (χ3n) is 1.83. The van der Waals surface area contributed by atoms with Crippen molar-refractivity contribution in [3.63, 3.8) is 0 Å². The molecule has 1 heterocycles. The van der Waals surface area contributed by atoms with Crippen LogP contribution in [-0.4, -0.2) is 34.2 Å². The number of nitrogens with one attached hydrogen (secondary N) is 1. The number of hydrogen-bond donors (Lipinski definition) is 3. The van der Waals surface area contributed by atoms with Crippen LogP contribution in [0, 0.1) is 0 Å². The van der Waals surface area contributed by atoms with Crippen molar-refractivity contribution in [3.8, 4) is 0 Å².